The number of aromatic nitrogens is 2. The van der Waals surface area contributed by atoms with Crippen LogP contribution in [0.2, 0.25) is 0 Å². The first-order valence-corrected chi connectivity index (χ1v) is 7.10. The number of hydrogen-bond donors (Lipinski definition) is 1. The number of benzene rings is 1. The van der Waals surface area contributed by atoms with Gasteiger partial charge in [-0.3, -0.25) is 14.4 Å². The number of methoxy groups -OCH3 is 2. The van der Waals surface area contributed by atoms with Gasteiger partial charge in [0.2, 0.25) is 5.91 Å². The number of nitrogens with one attached hydrogen (secondary N) is 1. The first-order chi connectivity index (χ1) is 11.5. The van der Waals surface area contributed by atoms with E-state index >= 15 is 0 Å². The van der Waals surface area contributed by atoms with E-state index in [-0.39, 0.29) is 13.1 Å². The van der Waals surface area contributed by atoms with Crippen LogP contribution in [-0.4, -0.2) is 42.4 Å². The molecule has 1 aromatic heterocycles. The molecule has 8 heteroatoms. The third-order valence-electron chi connectivity index (χ3n) is 3.18. The van der Waals surface area contributed by atoms with E-state index in [1.807, 2.05) is 30.3 Å². The molecule has 0 aliphatic rings. The average molecular weight is 331 g/mol. The third-order valence-corrected chi connectivity index (χ3v) is 3.18. The summed E-state index contributed by atoms with van der Waals surface area (Å²) >= 11 is 0. The van der Waals surface area contributed by atoms with E-state index in [0.717, 1.165) is 10.2 Å². The molecule has 1 N–H and O–H groups in total. The van der Waals surface area contributed by atoms with E-state index in [1.165, 1.54) is 20.3 Å². The zero-order chi connectivity index (χ0) is 17.5. The lowest BCUT2D eigenvalue weighted by Crippen LogP contribution is -2.36. The van der Waals surface area contributed by atoms with Crippen molar-refractivity contribution in [3.63, 3.8) is 0 Å². The summed E-state index contributed by atoms with van der Waals surface area (Å²) in [5, 5.41) is 6.56. The van der Waals surface area contributed by atoms with Gasteiger partial charge in [-0.1, -0.05) is 30.3 Å². The van der Waals surface area contributed by atoms with Crippen molar-refractivity contribution in [2.75, 3.05) is 20.8 Å². The summed E-state index contributed by atoms with van der Waals surface area (Å²) in [7, 11) is 2.66. The lowest BCUT2D eigenvalue weighted by atomic mass is 10.1. The molecule has 2 aromatic rings. The highest BCUT2D eigenvalue weighted by atomic mass is 16.5. The Hall–Kier alpha value is -3.16. The molecule has 0 spiro atoms. The maximum Gasteiger partial charge on any atom is 0.325 e. The quantitative estimate of drug-likeness (QED) is 0.760. The number of rotatable bonds is 6. The Morgan fingerprint density at radius 3 is 2.54 bits per heavy atom. The molecule has 0 aliphatic heterocycles. The van der Waals surface area contributed by atoms with Crippen LogP contribution in [0.25, 0.3) is 11.3 Å². The summed E-state index contributed by atoms with van der Waals surface area (Å²) in [6, 6.07) is 10.4. The topological polar surface area (TPSA) is 99.5 Å². The molecule has 0 radical (unpaired) electrons. The van der Waals surface area contributed by atoms with Gasteiger partial charge in [0, 0.05) is 11.6 Å². The van der Waals surface area contributed by atoms with Gasteiger partial charge in [0.25, 0.3) is 5.56 Å². The maximum atomic E-state index is 12.1. The molecule has 0 saturated heterocycles. The number of ether oxygens (including phenoxy) is 2. The number of nitrogens with zero attached hydrogens (tertiary/aromatic N) is 2. The molecule has 2 rings (SSSR count). The molecule has 0 atom stereocenters. The monoisotopic (exact) mass is 331 g/mol. The van der Waals surface area contributed by atoms with Gasteiger partial charge in [-0.25, -0.2) is 4.68 Å². The second-order valence-corrected chi connectivity index (χ2v) is 4.78. The molecule has 0 unspecified atom stereocenters. The van der Waals surface area contributed by atoms with E-state index in [4.69, 9.17) is 4.74 Å². The Bertz CT molecular complexity index is 786. The fourth-order valence-corrected chi connectivity index (χ4v) is 1.97. The minimum atomic E-state index is -0.580. The third kappa shape index (κ3) is 4.19. The van der Waals surface area contributed by atoms with Gasteiger partial charge >= 0.3 is 5.97 Å². The van der Waals surface area contributed by atoms with Crippen LogP contribution in [0.5, 0.6) is 5.75 Å². The molecular formula is C16H17N3O5. The number of carbonyl (C=O) groups is 2. The number of hydrogen-bond acceptors (Lipinski definition) is 6. The van der Waals surface area contributed by atoms with Crippen molar-refractivity contribution >= 4 is 11.9 Å². The Morgan fingerprint density at radius 1 is 1.21 bits per heavy atom. The first-order valence-electron chi connectivity index (χ1n) is 7.10. The number of carbonyl (C=O) groups excluding carboxylic acids is 2. The predicted octanol–water partition coefficient (Wildman–Crippen LogP) is 0.208. The first kappa shape index (κ1) is 17.2. The molecule has 126 valence electrons. The molecule has 0 bridgehead atoms. The predicted molar refractivity (Wildman–Crippen MR) is 85.5 cm³/mol. The second-order valence-electron chi connectivity index (χ2n) is 4.78. The highest BCUT2D eigenvalue weighted by Crippen LogP contribution is 2.25. The van der Waals surface area contributed by atoms with Gasteiger partial charge in [-0.05, 0) is 0 Å². The SMILES string of the molecule is COC(=O)CNC(=O)Cn1nc(-c2ccccc2)c(OC)cc1=O. The molecular weight excluding hydrogens is 314 g/mol. The molecule has 8 nitrogen and oxygen atoms in total. The highest BCUT2D eigenvalue weighted by molar-refractivity contribution is 5.81. The van der Waals surface area contributed by atoms with E-state index in [9.17, 15) is 14.4 Å². The normalized spacial score (nSPS) is 10.1. The van der Waals surface area contributed by atoms with Crippen LogP contribution in [-0.2, 0) is 20.9 Å². The van der Waals surface area contributed by atoms with Crippen molar-refractivity contribution in [2.24, 2.45) is 0 Å². The molecule has 1 aromatic carbocycles. The smallest absolute Gasteiger partial charge is 0.325 e. The zero-order valence-electron chi connectivity index (χ0n) is 13.3. The molecule has 1 amide bonds. The van der Waals surface area contributed by atoms with Crippen LogP contribution >= 0.6 is 0 Å². The Morgan fingerprint density at radius 2 is 1.92 bits per heavy atom. The highest BCUT2D eigenvalue weighted by Gasteiger charge is 2.14. The van der Waals surface area contributed by atoms with Crippen LogP contribution in [0.3, 0.4) is 0 Å². The van der Waals surface area contributed by atoms with E-state index < -0.39 is 17.4 Å². The summed E-state index contributed by atoms with van der Waals surface area (Å²) in [5.74, 6) is -0.792. The van der Waals surface area contributed by atoms with Crippen molar-refractivity contribution in [1.82, 2.24) is 15.1 Å². The summed E-state index contributed by atoms with van der Waals surface area (Å²) in [6.07, 6.45) is 0. The fraction of sp³-hybridized carbons (Fsp3) is 0.250. The van der Waals surface area contributed by atoms with Crippen LogP contribution < -0.4 is 15.6 Å². The average Bonchev–Trinajstić information content (AvgIpc) is 2.61. The van der Waals surface area contributed by atoms with Gasteiger partial charge < -0.3 is 14.8 Å². The van der Waals surface area contributed by atoms with E-state index in [2.05, 4.69) is 15.2 Å². The zero-order valence-corrected chi connectivity index (χ0v) is 13.3. The van der Waals surface area contributed by atoms with Gasteiger partial charge in [0.05, 0.1) is 14.2 Å². The van der Waals surface area contributed by atoms with E-state index in [0.29, 0.717) is 11.4 Å². The fourth-order valence-electron chi connectivity index (χ4n) is 1.97. The lowest BCUT2D eigenvalue weighted by molar-refractivity contribution is -0.141. The Labute approximate surface area is 138 Å². The van der Waals surface area contributed by atoms with E-state index in [1.54, 1.807) is 0 Å². The largest absolute Gasteiger partial charge is 0.494 e. The molecule has 1 heterocycles. The molecule has 0 saturated carbocycles. The minimum Gasteiger partial charge on any atom is -0.494 e. The van der Waals surface area contributed by atoms with Crippen molar-refractivity contribution in [3.05, 3.63) is 46.8 Å². The van der Waals surface area contributed by atoms with Gasteiger partial charge in [-0.15, -0.1) is 0 Å². The van der Waals surface area contributed by atoms with Crippen molar-refractivity contribution in [1.29, 1.82) is 0 Å². The standard InChI is InChI=1S/C16H17N3O5/c1-23-12-8-14(21)19(10-13(20)17-9-15(22)24-2)18-16(12)11-6-4-3-5-7-11/h3-8H,9-10H2,1-2H3,(H,17,20). The molecule has 0 fully saturated rings. The van der Waals surface area contributed by atoms with Crippen molar-refractivity contribution in [2.45, 2.75) is 6.54 Å². The molecule has 24 heavy (non-hydrogen) atoms. The van der Waals surface area contributed by atoms with Crippen molar-refractivity contribution in [3.8, 4) is 17.0 Å². The van der Waals surface area contributed by atoms with Crippen LogP contribution in [0.15, 0.2) is 41.2 Å². The summed E-state index contributed by atoms with van der Waals surface area (Å²) in [6.45, 7) is -0.592. The second kappa shape index (κ2) is 7.91. The van der Waals surface area contributed by atoms with Gasteiger partial charge in [0.1, 0.15) is 18.8 Å². The van der Waals surface area contributed by atoms with Gasteiger partial charge in [0.15, 0.2) is 5.75 Å². The Kier molecular flexibility index (Phi) is 5.67. The number of esters is 1. The minimum absolute atomic E-state index is 0.272. The van der Waals surface area contributed by atoms with Gasteiger partial charge in [-0.2, -0.15) is 5.10 Å². The van der Waals surface area contributed by atoms with Crippen molar-refractivity contribution < 1.29 is 19.1 Å². The lowest BCUT2D eigenvalue weighted by Gasteiger charge is -2.11. The summed E-state index contributed by atoms with van der Waals surface area (Å²) in [5.41, 5.74) is 0.705. The summed E-state index contributed by atoms with van der Waals surface area (Å²) in [4.78, 5) is 34.9. The summed E-state index contributed by atoms with van der Waals surface area (Å²) < 4.78 is 10.6. The Balaban J connectivity index is 2.26. The van der Waals surface area contributed by atoms with Crippen LogP contribution in [0.4, 0.5) is 0 Å². The number of amides is 1. The van der Waals surface area contributed by atoms with Crippen LogP contribution in [0.1, 0.15) is 0 Å². The maximum absolute atomic E-state index is 12.1. The van der Waals surface area contributed by atoms with Crippen LogP contribution in [0, 0.1) is 0 Å². The molecule has 0 aliphatic carbocycles.